The number of ether oxygens (including phenoxy) is 1. The van der Waals surface area contributed by atoms with Crippen LogP contribution in [0.2, 0.25) is 0 Å². The highest BCUT2D eigenvalue weighted by atomic mass is 32.1. The average Bonchev–Trinajstić information content (AvgIpc) is 2.99. The molecule has 0 aliphatic heterocycles. The number of thiophene rings is 1. The fraction of sp³-hybridized carbons (Fsp3) is 0.667. The number of carbonyl (C=O) groups excluding carboxylic acids is 1. The molecule has 1 aromatic heterocycles. The zero-order valence-corrected chi connectivity index (χ0v) is 12.6. The summed E-state index contributed by atoms with van der Waals surface area (Å²) in [5, 5.41) is 3.56. The lowest BCUT2D eigenvalue weighted by Crippen LogP contribution is -2.28. The fourth-order valence-electron chi connectivity index (χ4n) is 2.72. The van der Waals surface area contributed by atoms with Gasteiger partial charge in [0.2, 0.25) is 0 Å². The Kier molecular flexibility index (Phi) is 4.99. The number of carbonyl (C=O) groups is 1. The molecule has 19 heavy (non-hydrogen) atoms. The topological polar surface area (TPSA) is 38.3 Å². The molecule has 0 amide bonds. The zero-order valence-electron chi connectivity index (χ0n) is 11.8. The molecule has 4 heteroatoms. The summed E-state index contributed by atoms with van der Waals surface area (Å²) in [6.45, 7) is 4.38. The van der Waals surface area contributed by atoms with Gasteiger partial charge in [-0.2, -0.15) is 0 Å². The number of rotatable bonds is 6. The molecule has 1 aliphatic carbocycles. The molecular weight excluding hydrogens is 258 g/mol. The lowest BCUT2D eigenvalue weighted by atomic mass is 9.89. The molecule has 0 saturated heterocycles. The van der Waals surface area contributed by atoms with E-state index in [4.69, 9.17) is 0 Å². The van der Waals surface area contributed by atoms with Crippen molar-refractivity contribution in [3.05, 3.63) is 21.9 Å². The Morgan fingerprint density at radius 1 is 1.37 bits per heavy atom. The second-order valence-electron chi connectivity index (χ2n) is 5.74. The summed E-state index contributed by atoms with van der Waals surface area (Å²) in [4.78, 5) is 13.6. The van der Waals surface area contributed by atoms with E-state index >= 15 is 0 Å². The minimum absolute atomic E-state index is 0.167. The molecule has 3 nitrogen and oxygen atoms in total. The van der Waals surface area contributed by atoms with E-state index in [9.17, 15) is 4.79 Å². The van der Waals surface area contributed by atoms with Gasteiger partial charge in [0.15, 0.2) is 0 Å². The van der Waals surface area contributed by atoms with E-state index in [-0.39, 0.29) is 5.97 Å². The van der Waals surface area contributed by atoms with E-state index in [1.54, 1.807) is 11.3 Å². The predicted molar refractivity (Wildman–Crippen MR) is 78.3 cm³/mol. The van der Waals surface area contributed by atoms with Gasteiger partial charge in [0.25, 0.3) is 0 Å². The van der Waals surface area contributed by atoms with Crippen molar-refractivity contribution in [2.24, 2.45) is 5.41 Å². The Hall–Kier alpha value is -0.870. The van der Waals surface area contributed by atoms with Crippen molar-refractivity contribution in [2.45, 2.75) is 45.6 Å². The first kappa shape index (κ1) is 14.5. The Balaban J connectivity index is 1.75. The molecular formula is C15H23NO2S. The van der Waals surface area contributed by atoms with Gasteiger partial charge in [0.05, 0.1) is 13.5 Å². The van der Waals surface area contributed by atoms with Gasteiger partial charge < -0.3 is 10.1 Å². The second-order valence-corrected chi connectivity index (χ2v) is 7.00. The van der Waals surface area contributed by atoms with Crippen LogP contribution >= 0.6 is 11.3 Å². The maximum atomic E-state index is 11.2. The van der Waals surface area contributed by atoms with Crippen LogP contribution in [0.5, 0.6) is 0 Å². The van der Waals surface area contributed by atoms with Crippen LogP contribution in [0, 0.1) is 5.41 Å². The van der Waals surface area contributed by atoms with Crippen molar-refractivity contribution in [1.82, 2.24) is 5.32 Å². The maximum absolute atomic E-state index is 11.2. The largest absolute Gasteiger partial charge is 0.469 e. The van der Waals surface area contributed by atoms with E-state index in [2.05, 4.69) is 23.0 Å². The number of esters is 1. The van der Waals surface area contributed by atoms with Gasteiger partial charge in [-0.05, 0) is 30.4 Å². The maximum Gasteiger partial charge on any atom is 0.310 e. The number of hydrogen-bond acceptors (Lipinski definition) is 4. The molecule has 0 unspecified atom stereocenters. The third-order valence-electron chi connectivity index (χ3n) is 3.93. The summed E-state index contributed by atoms with van der Waals surface area (Å²) >= 11 is 1.69. The Bertz CT molecular complexity index is 422. The Labute approximate surface area is 119 Å². The van der Waals surface area contributed by atoms with Crippen LogP contribution in [0.3, 0.4) is 0 Å². The summed E-state index contributed by atoms with van der Waals surface area (Å²) in [5.41, 5.74) is 0.492. The van der Waals surface area contributed by atoms with E-state index in [1.165, 1.54) is 37.7 Å². The van der Waals surface area contributed by atoms with Crippen molar-refractivity contribution in [3.8, 4) is 0 Å². The molecule has 1 fully saturated rings. The molecule has 1 aromatic rings. The first-order valence-electron chi connectivity index (χ1n) is 6.96. The Morgan fingerprint density at radius 3 is 2.74 bits per heavy atom. The molecule has 1 aliphatic rings. The molecule has 0 aromatic carbocycles. The van der Waals surface area contributed by atoms with Gasteiger partial charge in [-0.3, -0.25) is 4.79 Å². The summed E-state index contributed by atoms with van der Waals surface area (Å²) in [6, 6.07) is 4.13. The van der Waals surface area contributed by atoms with E-state index in [0.29, 0.717) is 11.8 Å². The molecule has 1 heterocycles. The molecule has 0 radical (unpaired) electrons. The van der Waals surface area contributed by atoms with Crippen LogP contribution < -0.4 is 5.32 Å². The standard InChI is InChI=1S/C15H23NO2S/c1-15(7-3-4-8-15)11-16-10-13-6-5-12(19-13)9-14(17)18-2/h5-6,16H,3-4,7-11H2,1-2H3. The van der Waals surface area contributed by atoms with Gasteiger partial charge in [-0.15, -0.1) is 11.3 Å². The van der Waals surface area contributed by atoms with Crippen LogP contribution in [0.15, 0.2) is 12.1 Å². The van der Waals surface area contributed by atoms with Crippen molar-refractivity contribution < 1.29 is 9.53 Å². The fourth-order valence-corrected chi connectivity index (χ4v) is 3.69. The highest BCUT2D eigenvalue weighted by Gasteiger charge is 2.27. The van der Waals surface area contributed by atoms with Gasteiger partial charge in [-0.25, -0.2) is 0 Å². The van der Waals surface area contributed by atoms with E-state index in [0.717, 1.165) is 18.0 Å². The zero-order chi connectivity index (χ0) is 13.7. The summed E-state index contributed by atoms with van der Waals surface area (Å²) in [6.07, 6.45) is 5.83. The smallest absolute Gasteiger partial charge is 0.310 e. The summed E-state index contributed by atoms with van der Waals surface area (Å²) < 4.78 is 4.68. The van der Waals surface area contributed by atoms with Crippen molar-refractivity contribution >= 4 is 17.3 Å². The summed E-state index contributed by atoms with van der Waals surface area (Å²) in [5.74, 6) is -0.167. The average molecular weight is 281 g/mol. The SMILES string of the molecule is COC(=O)Cc1ccc(CNCC2(C)CCCC2)s1. The first-order valence-corrected chi connectivity index (χ1v) is 7.78. The minimum Gasteiger partial charge on any atom is -0.469 e. The Morgan fingerprint density at radius 2 is 2.05 bits per heavy atom. The quantitative estimate of drug-likeness (QED) is 0.814. The monoisotopic (exact) mass is 281 g/mol. The lowest BCUT2D eigenvalue weighted by Gasteiger charge is -2.23. The highest BCUT2D eigenvalue weighted by molar-refractivity contribution is 7.12. The van der Waals surface area contributed by atoms with Gasteiger partial charge >= 0.3 is 5.97 Å². The highest BCUT2D eigenvalue weighted by Crippen LogP contribution is 2.36. The predicted octanol–water partition coefficient (Wildman–Crippen LogP) is 3.13. The number of nitrogens with one attached hydrogen (secondary N) is 1. The molecule has 0 atom stereocenters. The second kappa shape index (κ2) is 6.53. The van der Waals surface area contributed by atoms with Gasteiger partial charge in [0.1, 0.15) is 0 Å². The third-order valence-corrected chi connectivity index (χ3v) is 5.01. The first-order chi connectivity index (χ1) is 9.11. The summed E-state index contributed by atoms with van der Waals surface area (Å²) in [7, 11) is 1.43. The molecule has 0 bridgehead atoms. The van der Waals surface area contributed by atoms with E-state index in [1.807, 2.05) is 6.07 Å². The van der Waals surface area contributed by atoms with Crippen LogP contribution in [-0.2, 0) is 22.5 Å². The molecule has 1 saturated carbocycles. The molecule has 2 rings (SSSR count). The minimum atomic E-state index is -0.167. The van der Waals surface area contributed by atoms with Gasteiger partial charge in [0, 0.05) is 22.8 Å². The van der Waals surface area contributed by atoms with Crippen LogP contribution in [0.4, 0.5) is 0 Å². The van der Waals surface area contributed by atoms with Crippen LogP contribution in [-0.4, -0.2) is 19.6 Å². The normalized spacial score (nSPS) is 17.6. The molecule has 1 N–H and O–H groups in total. The van der Waals surface area contributed by atoms with Crippen molar-refractivity contribution in [2.75, 3.05) is 13.7 Å². The number of hydrogen-bond donors (Lipinski definition) is 1. The van der Waals surface area contributed by atoms with Crippen molar-refractivity contribution in [1.29, 1.82) is 0 Å². The molecule has 106 valence electrons. The van der Waals surface area contributed by atoms with Gasteiger partial charge in [-0.1, -0.05) is 19.8 Å². The third kappa shape index (κ3) is 4.32. The van der Waals surface area contributed by atoms with Crippen LogP contribution in [0.1, 0.15) is 42.4 Å². The van der Waals surface area contributed by atoms with Crippen LogP contribution in [0.25, 0.3) is 0 Å². The van der Waals surface area contributed by atoms with E-state index < -0.39 is 0 Å². The lowest BCUT2D eigenvalue weighted by molar-refractivity contribution is -0.139. The van der Waals surface area contributed by atoms with Crippen molar-refractivity contribution in [3.63, 3.8) is 0 Å². The molecule has 0 spiro atoms. The number of methoxy groups -OCH3 is 1.